The molecule has 0 unspecified atom stereocenters. The maximum atomic E-state index is 6.71. The first-order valence-corrected chi connectivity index (χ1v) is 22.0. The zero-order valence-corrected chi connectivity index (χ0v) is 35.8. The molecule has 0 bridgehead atoms. The summed E-state index contributed by atoms with van der Waals surface area (Å²) in [5.41, 5.74) is 17.7. The second kappa shape index (κ2) is 14.8. The van der Waals surface area contributed by atoms with Crippen molar-refractivity contribution < 1.29 is 4.42 Å². The van der Waals surface area contributed by atoms with Crippen molar-refractivity contribution in [1.29, 1.82) is 0 Å². The van der Waals surface area contributed by atoms with Gasteiger partial charge in [0, 0.05) is 33.0 Å². The van der Waals surface area contributed by atoms with Crippen LogP contribution in [0.25, 0.3) is 77.2 Å². The van der Waals surface area contributed by atoms with E-state index in [2.05, 4.69) is 233 Å². The first-order chi connectivity index (χ1) is 30.2. The van der Waals surface area contributed by atoms with E-state index in [0.717, 1.165) is 50.5 Å². The minimum atomic E-state index is 0.125. The third-order valence-electron chi connectivity index (χ3n) is 13.5. The fourth-order valence-electron chi connectivity index (χ4n) is 9.99. The number of anilines is 3. The van der Waals surface area contributed by atoms with E-state index >= 15 is 0 Å². The second-order valence-corrected chi connectivity index (χ2v) is 18.4. The van der Waals surface area contributed by atoms with Crippen molar-refractivity contribution in [2.75, 3.05) is 4.90 Å². The van der Waals surface area contributed by atoms with Crippen LogP contribution in [0.5, 0.6) is 0 Å². The molecule has 0 N–H and O–H groups in total. The summed E-state index contributed by atoms with van der Waals surface area (Å²) < 4.78 is 6.71. The van der Waals surface area contributed by atoms with Gasteiger partial charge in [-0.25, -0.2) is 0 Å². The van der Waals surface area contributed by atoms with Gasteiger partial charge in [-0.05, 0) is 122 Å². The van der Waals surface area contributed by atoms with Gasteiger partial charge in [0.2, 0.25) is 0 Å². The smallest absolute Gasteiger partial charge is 0.136 e. The SMILES string of the molecule is CC1(C)CCC(C)(C)c2cc3c(cc21)oc1cc(-c2ccc4c(N(c5cccc(-c6ccccc6)c5)c5c(-c6ccccc6)cccc5-c5ccccc5)cccc4c2)ccc13. The number of nitrogens with zero attached hydrogens (tertiary/aromatic N) is 1. The van der Waals surface area contributed by atoms with Gasteiger partial charge in [0.25, 0.3) is 0 Å². The minimum Gasteiger partial charge on any atom is -0.456 e. The normalized spacial score (nSPS) is 14.3. The lowest BCUT2D eigenvalue weighted by Crippen LogP contribution is -2.33. The minimum absolute atomic E-state index is 0.125. The van der Waals surface area contributed by atoms with E-state index in [-0.39, 0.29) is 10.8 Å². The summed E-state index contributed by atoms with van der Waals surface area (Å²) in [5.74, 6) is 0. The molecule has 2 nitrogen and oxygen atoms in total. The fourth-order valence-corrected chi connectivity index (χ4v) is 9.99. The summed E-state index contributed by atoms with van der Waals surface area (Å²) in [6.45, 7) is 9.54. The summed E-state index contributed by atoms with van der Waals surface area (Å²) in [6, 6.07) is 73.1. The van der Waals surface area contributed by atoms with E-state index in [4.69, 9.17) is 4.42 Å². The van der Waals surface area contributed by atoms with Crippen molar-refractivity contribution in [3.63, 3.8) is 0 Å². The molecule has 0 saturated heterocycles. The van der Waals surface area contributed by atoms with Gasteiger partial charge >= 0.3 is 0 Å². The van der Waals surface area contributed by atoms with Gasteiger partial charge in [-0.15, -0.1) is 0 Å². The number of hydrogen-bond donors (Lipinski definition) is 0. The predicted molar refractivity (Wildman–Crippen MR) is 263 cm³/mol. The molecule has 1 aliphatic carbocycles. The van der Waals surface area contributed by atoms with E-state index in [1.54, 1.807) is 0 Å². The Morgan fingerprint density at radius 3 is 1.56 bits per heavy atom. The second-order valence-electron chi connectivity index (χ2n) is 18.4. The van der Waals surface area contributed by atoms with Crippen LogP contribution in [0.4, 0.5) is 17.1 Å². The van der Waals surface area contributed by atoms with Crippen LogP contribution in [-0.4, -0.2) is 0 Å². The molecule has 1 aliphatic rings. The van der Waals surface area contributed by atoms with Crippen molar-refractivity contribution in [2.45, 2.75) is 51.4 Å². The zero-order valence-electron chi connectivity index (χ0n) is 35.8. The van der Waals surface area contributed by atoms with Gasteiger partial charge < -0.3 is 9.32 Å². The molecule has 0 fully saturated rings. The third-order valence-corrected chi connectivity index (χ3v) is 13.5. The van der Waals surface area contributed by atoms with E-state index in [1.165, 1.54) is 67.8 Å². The number of fused-ring (bicyclic) bond motifs is 5. The fraction of sp³-hybridized carbons (Fsp3) is 0.133. The Kier molecular flexibility index (Phi) is 9.02. The van der Waals surface area contributed by atoms with Crippen LogP contribution in [-0.2, 0) is 10.8 Å². The highest BCUT2D eigenvalue weighted by Gasteiger charge is 2.38. The highest BCUT2D eigenvalue weighted by molar-refractivity contribution is 6.08. The van der Waals surface area contributed by atoms with Crippen molar-refractivity contribution in [3.8, 4) is 44.5 Å². The Bertz CT molecular complexity index is 3230. The van der Waals surface area contributed by atoms with Gasteiger partial charge in [-0.1, -0.05) is 179 Å². The Labute approximate surface area is 364 Å². The number of hydrogen-bond acceptors (Lipinski definition) is 2. The average molecular weight is 800 g/mol. The van der Waals surface area contributed by atoms with Crippen LogP contribution in [0.3, 0.4) is 0 Å². The molecule has 11 rings (SSSR count). The Hall–Kier alpha value is -7.16. The van der Waals surface area contributed by atoms with Crippen LogP contribution < -0.4 is 4.90 Å². The summed E-state index contributed by atoms with van der Waals surface area (Å²) in [6.07, 6.45) is 2.37. The predicted octanol–water partition coefficient (Wildman–Crippen LogP) is 17.2. The van der Waals surface area contributed by atoms with Crippen molar-refractivity contribution in [2.24, 2.45) is 0 Å². The average Bonchev–Trinajstić information content (AvgIpc) is 3.68. The Morgan fingerprint density at radius 1 is 0.387 bits per heavy atom. The Morgan fingerprint density at radius 2 is 0.903 bits per heavy atom. The molecule has 0 radical (unpaired) electrons. The van der Waals surface area contributed by atoms with Crippen molar-refractivity contribution in [1.82, 2.24) is 0 Å². The van der Waals surface area contributed by atoms with Gasteiger partial charge in [0.1, 0.15) is 11.2 Å². The lowest BCUT2D eigenvalue weighted by Gasteiger charge is -2.41. The monoisotopic (exact) mass is 799 g/mol. The van der Waals surface area contributed by atoms with E-state index in [1.807, 2.05) is 0 Å². The van der Waals surface area contributed by atoms with Gasteiger partial charge in [0.15, 0.2) is 0 Å². The third kappa shape index (κ3) is 6.50. The summed E-state index contributed by atoms with van der Waals surface area (Å²) >= 11 is 0. The highest BCUT2D eigenvalue weighted by Crippen LogP contribution is 2.50. The number of furan rings is 1. The zero-order chi connectivity index (χ0) is 42.0. The number of benzene rings is 9. The standard InChI is InChI=1S/C60H49NO/c1-59(2)33-34-60(3,4)54-39-57-52(38-53(54)59)51-32-30-45(37-56(51)62-57)44-29-31-48-46(35-44)24-15-28-55(48)61(47-25-14-23-43(36-47)40-17-8-5-9-18-40)58-49(41-19-10-6-11-20-41)26-16-27-50(58)42-21-12-7-13-22-42/h5-32,35-39H,33-34H2,1-4H3. The van der Waals surface area contributed by atoms with E-state index in [0.29, 0.717) is 0 Å². The van der Waals surface area contributed by atoms with Crippen LogP contribution in [0.1, 0.15) is 51.7 Å². The van der Waals surface area contributed by atoms with Crippen LogP contribution in [0.15, 0.2) is 205 Å². The topological polar surface area (TPSA) is 16.4 Å². The summed E-state index contributed by atoms with van der Waals surface area (Å²) in [4.78, 5) is 2.49. The molecule has 0 atom stereocenters. The van der Waals surface area contributed by atoms with E-state index < -0.39 is 0 Å². The lowest BCUT2D eigenvalue weighted by molar-refractivity contribution is 0.332. The molecule has 10 aromatic rings. The molecular weight excluding hydrogens is 751 g/mol. The molecule has 0 spiro atoms. The van der Waals surface area contributed by atoms with Gasteiger partial charge in [0.05, 0.1) is 11.4 Å². The molecule has 0 aliphatic heterocycles. The molecule has 300 valence electrons. The van der Waals surface area contributed by atoms with Crippen LogP contribution in [0, 0.1) is 0 Å². The highest BCUT2D eigenvalue weighted by atomic mass is 16.3. The molecule has 2 heteroatoms. The molecule has 0 amide bonds. The molecule has 0 saturated carbocycles. The summed E-state index contributed by atoms with van der Waals surface area (Å²) in [7, 11) is 0. The van der Waals surface area contributed by atoms with Gasteiger partial charge in [-0.2, -0.15) is 0 Å². The first kappa shape index (κ1) is 37.8. The maximum Gasteiger partial charge on any atom is 0.136 e. The molecule has 1 heterocycles. The summed E-state index contributed by atoms with van der Waals surface area (Å²) in [5, 5.41) is 4.73. The van der Waals surface area contributed by atoms with Crippen LogP contribution in [0.2, 0.25) is 0 Å². The van der Waals surface area contributed by atoms with Crippen molar-refractivity contribution in [3.05, 3.63) is 211 Å². The van der Waals surface area contributed by atoms with Gasteiger partial charge in [-0.3, -0.25) is 0 Å². The first-order valence-electron chi connectivity index (χ1n) is 22.0. The number of para-hydroxylation sites is 1. The molecule has 62 heavy (non-hydrogen) atoms. The van der Waals surface area contributed by atoms with Crippen molar-refractivity contribution >= 4 is 49.8 Å². The maximum absolute atomic E-state index is 6.71. The quantitative estimate of drug-likeness (QED) is 0.160. The molecule has 9 aromatic carbocycles. The molecule has 1 aromatic heterocycles. The lowest BCUT2D eigenvalue weighted by atomic mass is 9.63. The van der Waals surface area contributed by atoms with E-state index in [9.17, 15) is 0 Å². The number of rotatable bonds is 7. The largest absolute Gasteiger partial charge is 0.456 e. The Balaban J connectivity index is 1.09. The molecular formula is C60H49NO. The van der Waals surface area contributed by atoms with Crippen LogP contribution >= 0.6 is 0 Å².